The Morgan fingerprint density at radius 1 is 0.938 bits per heavy atom. The monoisotopic (exact) mass is 459 g/mol. The number of hydrogen-bond acceptors (Lipinski definition) is 7. The van der Waals surface area contributed by atoms with Gasteiger partial charge in [-0.15, -0.1) is 0 Å². The average Bonchev–Trinajstić information content (AvgIpc) is 2.81. The van der Waals surface area contributed by atoms with Gasteiger partial charge in [-0.05, 0) is 61.9 Å². The van der Waals surface area contributed by atoms with Crippen LogP contribution in [-0.4, -0.2) is 53.9 Å². The molecular formula is C23H29N3O5S. The molecule has 3 aromatic rings. The second-order valence-electron chi connectivity index (χ2n) is 6.98. The fourth-order valence-electron chi connectivity index (χ4n) is 3.37. The van der Waals surface area contributed by atoms with Crippen LogP contribution in [0.2, 0.25) is 0 Å². The highest BCUT2D eigenvalue weighted by molar-refractivity contribution is 7.89. The number of hydrogen-bond donors (Lipinski definition) is 2. The van der Waals surface area contributed by atoms with Crippen LogP contribution in [0.25, 0.3) is 10.9 Å². The number of nitrogens with one attached hydrogen (secondary N) is 2. The molecule has 0 aliphatic carbocycles. The molecule has 0 amide bonds. The predicted octanol–water partition coefficient (Wildman–Crippen LogP) is 2.76. The SMILES string of the molecule is CCOc1ccc(S(=O)(=O)NCCNCCc2ccc(OC)c(OC)c2)c2cccnc12. The summed E-state index contributed by atoms with van der Waals surface area (Å²) in [5, 5.41) is 3.79. The van der Waals surface area contributed by atoms with Crippen molar-refractivity contribution in [1.29, 1.82) is 0 Å². The van der Waals surface area contributed by atoms with Gasteiger partial charge in [0.05, 0.1) is 25.7 Å². The standard InChI is InChI=1S/C23H29N3O5S/c1-4-31-20-9-10-22(18-6-5-12-25-23(18)20)32(27,28)26-15-14-24-13-11-17-7-8-19(29-2)21(16-17)30-3/h5-10,12,16,24,26H,4,11,13-15H2,1-3H3. The Balaban J connectivity index is 1.55. The molecule has 9 heteroatoms. The van der Waals surface area contributed by atoms with E-state index in [1.807, 2.05) is 25.1 Å². The minimum Gasteiger partial charge on any atom is -0.493 e. The molecule has 0 radical (unpaired) electrons. The molecule has 0 atom stereocenters. The van der Waals surface area contributed by atoms with Crippen molar-refractivity contribution < 1.29 is 22.6 Å². The lowest BCUT2D eigenvalue weighted by Crippen LogP contribution is -2.32. The van der Waals surface area contributed by atoms with Gasteiger partial charge in [-0.25, -0.2) is 13.1 Å². The Kier molecular flexibility index (Phi) is 8.26. The number of rotatable bonds is 12. The number of benzene rings is 2. The zero-order valence-electron chi connectivity index (χ0n) is 18.6. The molecular weight excluding hydrogens is 430 g/mol. The molecule has 0 aliphatic rings. The molecule has 0 saturated carbocycles. The third-order valence-electron chi connectivity index (χ3n) is 4.91. The molecule has 0 saturated heterocycles. The predicted molar refractivity (Wildman–Crippen MR) is 124 cm³/mol. The first-order chi connectivity index (χ1) is 15.5. The summed E-state index contributed by atoms with van der Waals surface area (Å²) in [6, 6.07) is 12.5. The molecule has 2 aromatic carbocycles. The second kappa shape index (κ2) is 11.1. The van der Waals surface area contributed by atoms with E-state index in [9.17, 15) is 8.42 Å². The van der Waals surface area contributed by atoms with Gasteiger partial charge in [0.25, 0.3) is 0 Å². The van der Waals surface area contributed by atoms with Crippen LogP contribution >= 0.6 is 0 Å². The highest BCUT2D eigenvalue weighted by Gasteiger charge is 2.19. The van der Waals surface area contributed by atoms with Crippen LogP contribution < -0.4 is 24.2 Å². The minimum absolute atomic E-state index is 0.189. The van der Waals surface area contributed by atoms with Crippen molar-refractivity contribution in [1.82, 2.24) is 15.0 Å². The first kappa shape index (κ1) is 23.8. The maximum Gasteiger partial charge on any atom is 0.241 e. The summed E-state index contributed by atoms with van der Waals surface area (Å²) in [6.45, 7) is 3.82. The van der Waals surface area contributed by atoms with Gasteiger partial charge in [0.15, 0.2) is 11.5 Å². The summed E-state index contributed by atoms with van der Waals surface area (Å²) >= 11 is 0. The zero-order valence-corrected chi connectivity index (χ0v) is 19.4. The lowest BCUT2D eigenvalue weighted by molar-refractivity contribution is 0.343. The highest BCUT2D eigenvalue weighted by atomic mass is 32.2. The summed E-state index contributed by atoms with van der Waals surface area (Å²) in [5.41, 5.74) is 1.63. The Hall–Kier alpha value is -2.88. The summed E-state index contributed by atoms with van der Waals surface area (Å²) < 4.78 is 44.5. The van der Waals surface area contributed by atoms with Gasteiger partial charge in [0.1, 0.15) is 11.3 Å². The van der Waals surface area contributed by atoms with E-state index >= 15 is 0 Å². The Bertz CT molecular complexity index is 1150. The van der Waals surface area contributed by atoms with Gasteiger partial charge in [0.2, 0.25) is 10.0 Å². The molecule has 1 aromatic heterocycles. The van der Waals surface area contributed by atoms with E-state index in [2.05, 4.69) is 15.0 Å². The number of pyridine rings is 1. The highest BCUT2D eigenvalue weighted by Crippen LogP contribution is 2.29. The molecule has 0 spiro atoms. The summed E-state index contributed by atoms with van der Waals surface area (Å²) in [6.07, 6.45) is 2.40. The molecule has 8 nitrogen and oxygen atoms in total. The normalized spacial score (nSPS) is 11.5. The molecule has 2 N–H and O–H groups in total. The van der Waals surface area contributed by atoms with Gasteiger partial charge in [-0.1, -0.05) is 6.07 Å². The van der Waals surface area contributed by atoms with Crippen molar-refractivity contribution in [3.63, 3.8) is 0 Å². The van der Waals surface area contributed by atoms with E-state index in [0.29, 0.717) is 47.8 Å². The summed E-state index contributed by atoms with van der Waals surface area (Å²) in [5.74, 6) is 1.95. The van der Waals surface area contributed by atoms with E-state index in [1.165, 1.54) is 0 Å². The van der Waals surface area contributed by atoms with E-state index in [-0.39, 0.29) is 11.4 Å². The molecule has 0 fully saturated rings. The van der Waals surface area contributed by atoms with Crippen molar-refractivity contribution in [3.8, 4) is 17.2 Å². The van der Waals surface area contributed by atoms with Crippen LogP contribution in [0.1, 0.15) is 12.5 Å². The molecule has 32 heavy (non-hydrogen) atoms. The fraction of sp³-hybridized carbons (Fsp3) is 0.348. The van der Waals surface area contributed by atoms with Crippen LogP contribution in [-0.2, 0) is 16.4 Å². The molecule has 172 valence electrons. The first-order valence-electron chi connectivity index (χ1n) is 10.4. The molecule has 3 rings (SSSR count). The molecule has 1 heterocycles. The van der Waals surface area contributed by atoms with Crippen molar-refractivity contribution in [3.05, 3.63) is 54.2 Å². The number of methoxy groups -OCH3 is 2. The molecule has 0 aliphatic heterocycles. The quantitative estimate of drug-likeness (QED) is 0.402. The number of fused-ring (bicyclic) bond motifs is 1. The first-order valence-corrected chi connectivity index (χ1v) is 11.9. The second-order valence-corrected chi connectivity index (χ2v) is 8.72. The number of nitrogens with zero attached hydrogens (tertiary/aromatic N) is 1. The van der Waals surface area contributed by atoms with Crippen LogP contribution in [0.15, 0.2) is 53.6 Å². The fourth-order valence-corrected chi connectivity index (χ4v) is 4.60. The van der Waals surface area contributed by atoms with Crippen molar-refractivity contribution in [2.75, 3.05) is 40.5 Å². The van der Waals surface area contributed by atoms with Gasteiger partial charge < -0.3 is 19.5 Å². The van der Waals surface area contributed by atoms with Crippen LogP contribution in [0.3, 0.4) is 0 Å². The van der Waals surface area contributed by atoms with Gasteiger partial charge >= 0.3 is 0 Å². The smallest absolute Gasteiger partial charge is 0.241 e. The van der Waals surface area contributed by atoms with Crippen LogP contribution in [0.4, 0.5) is 0 Å². The van der Waals surface area contributed by atoms with Gasteiger partial charge in [0, 0.05) is 24.7 Å². The van der Waals surface area contributed by atoms with Gasteiger partial charge in [-0.2, -0.15) is 0 Å². The molecule has 0 bridgehead atoms. The van der Waals surface area contributed by atoms with E-state index in [0.717, 1.165) is 12.0 Å². The summed E-state index contributed by atoms with van der Waals surface area (Å²) in [7, 11) is -0.480. The largest absolute Gasteiger partial charge is 0.493 e. The van der Waals surface area contributed by atoms with Crippen LogP contribution in [0.5, 0.6) is 17.2 Å². The van der Waals surface area contributed by atoms with E-state index in [1.54, 1.807) is 44.7 Å². The Labute approximate surface area is 189 Å². The maximum atomic E-state index is 12.9. The summed E-state index contributed by atoms with van der Waals surface area (Å²) in [4.78, 5) is 4.49. The third kappa shape index (κ3) is 5.67. The van der Waals surface area contributed by atoms with Crippen LogP contribution in [0, 0.1) is 0 Å². The maximum absolute atomic E-state index is 12.9. The van der Waals surface area contributed by atoms with Crippen molar-refractivity contribution in [2.24, 2.45) is 0 Å². The lowest BCUT2D eigenvalue weighted by atomic mass is 10.1. The zero-order chi connectivity index (χ0) is 23.0. The average molecular weight is 460 g/mol. The third-order valence-corrected chi connectivity index (χ3v) is 6.43. The number of ether oxygens (including phenoxy) is 3. The minimum atomic E-state index is -3.69. The molecule has 0 unspecified atom stereocenters. The van der Waals surface area contributed by atoms with E-state index < -0.39 is 10.0 Å². The Morgan fingerprint density at radius 3 is 2.47 bits per heavy atom. The van der Waals surface area contributed by atoms with Crippen molar-refractivity contribution >= 4 is 20.9 Å². The van der Waals surface area contributed by atoms with Gasteiger partial charge in [-0.3, -0.25) is 4.98 Å². The lowest BCUT2D eigenvalue weighted by Gasteiger charge is -2.13. The number of sulfonamides is 1. The van der Waals surface area contributed by atoms with E-state index in [4.69, 9.17) is 14.2 Å². The number of aromatic nitrogens is 1. The topological polar surface area (TPSA) is 98.8 Å². The van der Waals surface area contributed by atoms with Crippen molar-refractivity contribution in [2.45, 2.75) is 18.2 Å². The Morgan fingerprint density at radius 2 is 1.72 bits per heavy atom.